The van der Waals surface area contributed by atoms with Gasteiger partial charge in [0.2, 0.25) is 5.91 Å². The molecule has 0 saturated heterocycles. The molecule has 0 spiro atoms. The molecule has 0 atom stereocenters. The van der Waals surface area contributed by atoms with Crippen LogP contribution in [0.3, 0.4) is 0 Å². The molecule has 0 aliphatic rings. The van der Waals surface area contributed by atoms with Gasteiger partial charge in [-0.3, -0.25) is 14.7 Å². The molecule has 0 aliphatic heterocycles. The molecule has 0 unspecified atom stereocenters. The minimum Gasteiger partial charge on any atom is -0.481 e. The Bertz CT molecular complexity index is 402. The molecule has 0 saturated carbocycles. The third-order valence-corrected chi connectivity index (χ3v) is 2.23. The van der Waals surface area contributed by atoms with E-state index >= 15 is 0 Å². The second-order valence-electron chi connectivity index (χ2n) is 3.83. The second-order valence-corrected chi connectivity index (χ2v) is 3.83. The minimum atomic E-state index is -0.884. The number of H-pyrrole nitrogens is 1. The SMILES string of the molecule is Cc1nc(CN(C)C(=O)CCCC(=O)O)n[nH]1. The lowest BCUT2D eigenvalue weighted by molar-refractivity contribution is -0.137. The monoisotopic (exact) mass is 240 g/mol. The normalized spacial score (nSPS) is 10.2. The fourth-order valence-corrected chi connectivity index (χ4v) is 1.34. The molecule has 7 heteroatoms. The summed E-state index contributed by atoms with van der Waals surface area (Å²) >= 11 is 0. The lowest BCUT2D eigenvalue weighted by Gasteiger charge is -2.14. The molecule has 17 heavy (non-hydrogen) atoms. The summed E-state index contributed by atoms with van der Waals surface area (Å²) in [5, 5.41) is 15.1. The van der Waals surface area contributed by atoms with E-state index in [2.05, 4.69) is 15.2 Å². The molecule has 2 N–H and O–H groups in total. The molecular weight excluding hydrogens is 224 g/mol. The van der Waals surface area contributed by atoms with Gasteiger partial charge in [0.1, 0.15) is 5.82 Å². The first-order chi connectivity index (χ1) is 7.99. The Morgan fingerprint density at radius 1 is 1.41 bits per heavy atom. The molecule has 1 rings (SSSR count). The van der Waals surface area contributed by atoms with E-state index in [1.165, 1.54) is 4.90 Å². The van der Waals surface area contributed by atoms with Crippen molar-refractivity contribution in [2.45, 2.75) is 32.7 Å². The van der Waals surface area contributed by atoms with E-state index in [0.29, 0.717) is 24.6 Å². The van der Waals surface area contributed by atoms with Crippen molar-refractivity contribution in [1.29, 1.82) is 0 Å². The fraction of sp³-hybridized carbons (Fsp3) is 0.600. The molecular formula is C10H16N4O3. The van der Waals surface area contributed by atoms with Gasteiger partial charge in [0.15, 0.2) is 5.82 Å². The van der Waals surface area contributed by atoms with E-state index < -0.39 is 5.97 Å². The summed E-state index contributed by atoms with van der Waals surface area (Å²) in [4.78, 5) is 27.5. The van der Waals surface area contributed by atoms with Gasteiger partial charge in [-0.1, -0.05) is 0 Å². The van der Waals surface area contributed by atoms with Crippen LogP contribution in [0.2, 0.25) is 0 Å². The number of amides is 1. The number of aromatic amines is 1. The van der Waals surface area contributed by atoms with Crippen molar-refractivity contribution in [3.63, 3.8) is 0 Å². The second kappa shape index (κ2) is 5.97. The van der Waals surface area contributed by atoms with E-state index in [1.54, 1.807) is 14.0 Å². The van der Waals surface area contributed by atoms with Crippen molar-refractivity contribution in [2.75, 3.05) is 7.05 Å². The largest absolute Gasteiger partial charge is 0.481 e. The van der Waals surface area contributed by atoms with Gasteiger partial charge in [0.05, 0.1) is 6.54 Å². The molecule has 0 fully saturated rings. The van der Waals surface area contributed by atoms with Gasteiger partial charge in [-0.25, -0.2) is 4.98 Å². The zero-order valence-corrected chi connectivity index (χ0v) is 9.93. The van der Waals surface area contributed by atoms with Gasteiger partial charge in [-0.15, -0.1) is 0 Å². The molecule has 1 amide bonds. The quantitative estimate of drug-likeness (QED) is 0.746. The van der Waals surface area contributed by atoms with Crippen molar-refractivity contribution in [3.8, 4) is 0 Å². The summed E-state index contributed by atoms with van der Waals surface area (Å²) in [7, 11) is 1.65. The van der Waals surface area contributed by atoms with Crippen LogP contribution >= 0.6 is 0 Å². The summed E-state index contributed by atoms with van der Waals surface area (Å²) in [6.07, 6.45) is 0.594. The van der Waals surface area contributed by atoms with Gasteiger partial charge in [0.25, 0.3) is 0 Å². The lowest BCUT2D eigenvalue weighted by Crippen LogP contribution is -2.26. The van der Waals surface area contributed by atoms with Crippen molar-refractivity contribution in [1.82, 2.24) is 20.1 Å². The van der Waals surface area contributed by atoms with Crippen LogP contribution in [-0.4, -0.2) is 44.1 Å². The first-order valence-electron chi connectivity index (χ1n) is 5.32. The smallest absolute Gasteiger partial charge is 0.303 e. The molecule has 1 aromatic heterocycles. The molecule has 0 radical (unpaired) electrons. The first kappa shape index (κ1) is 13.1. The van der Waals surface area contributed by atoms with Crippen molar-refractivity contribution < 1.29 is 14.7 Å². The van der Waals surface area contributed by atoms with Gasteiger partial charge < -0.3 is 10.0 Å². The maximum atomic E-state index is 11.6. The van der Waals surface area contributed by atoms with Crippen LogP contribution in [0, 0.1) is 6.92 Å². The summed E-state index contributed by atoms with van der Waals surface area (Å²) < 4.78 is 0. The molecule has 0 bridgehead atoms. The van der Waals surface area contributed by atoms with Gasteiger partial charge >= 0.3 is 5.97 Å². The Kier molecular flexibility index (Phi) is 4.62. The van der Waals surface area contributed by atoms with E-state index in [4.69, 9.17) is 5.11 Å². The summed E-state index contributed by atoms with van der Waals surface area (Å²) in [5.74, 6) is 0.266. The molecule has 0 aliphatic carbocycles. The zero-order valence-electron chi connectivity index (χ0n) is 9.93. The third kappa shape index (κ3) is 4.62. The summed E-state index contributed by atoms with van der Waals surface area (Å²) in [6.45, 7) is 2.11. The zero-order chi connectivity index (χ0) is 12.8. The number of aliphatic carboxylic acids is 1. The van der Waals surface area contributed by atoms with Crippen LogP contribution in [0.25, 0.3) is 0 Å². The summed E-state index contributed by atoms with van der Waals surface area (Å²) in [5.41, 5.74) is 0. The van der Waals surface area contributed by atoms with Crippen LogP contribution in [-0.2, 0) is 16.1 Å². The predicted octanol–water partition coefficient (Wildman–Crippen LogP) is 0.326. The number of carbonyl (C=O) groups excluding carboxylic acids is 1. The third-order valence-electron chi connectivity index (χ3n) is 2.23. The summed E-state index contributed by atoms with van der Waals surface area (Å²) in [6, 6.07) is 0. The highest BCUT2D eigenvalue weighted by atomic mass is 16.4. The minimum absolute atomic E-state index is 0.0132. The fourth-order valence-electron chi connectivity index (χ4n) is 1.34. The predicted molar refractivity (Wildman–Crippen MR) is 59.1 cm³/mol. The van der Waals surface area contributed by atoms with Gasteiger partial charge in [0, 0.05) is 19.9 Å². The van der Waals surface area contributed by atoms with Crippen LogP contribution in [0.15, 0.2) is 0 Å². The molecule has 0 aromatic carbocycles. The van der Waals surface area contributed by atoms with Gasteiger partial charge in [-0.2, -0.15) is 5.10 Å². The van der Waals surface area contributed by atoms with Crippen molar-refractivity contribution in [3.05, 3.63) is 11.6 Å². The molecule has 7 nitrogen and oxygen atoms in total. The number of nitrogens with one attached hydrogen (secondary N) is 1. The van der Waals surface area contributed by atoms with E-state index in [0.717, 1.165) is 0 Å². The highest BCUT2D eigenvalue weighted by Crippen LogP contribution is 2.03. The standard InChI is InChI=1S/C10H16N4O3/c1-7-11-8(13-12-7)6-14(2)9(15)4-3-5-10(16)17/h3-6H2,1-2H3,(H,16,17)(H,11,12,13). The van der Waals surface area contributed by atoms with Gasteiger partial charge in [-0.05, 0) is 13.3 Å². The Morgan fingerprint density at radius 2 is 2.12 bits per heavy atom. The number of nitrogens with zero attached hydrogens (tertiary/aromatic N) is 3. The Labute approximate surface area is 98.8 Å². The van der Waals surface area contributed by atoms with Crippen LogP contribution in [0.4, 0.5) is 0 Å². The number of carboxylic acid groups (broad SMARTS) is 1. The van der Waals surface area contributed by atoms with E-state index in [1.807, 2.05) is 0 Å². The number of aryl methyl sites for hydroxylation is 1. The maximum absolute atomic E-state index is 11.6. The molecule has 1 heterocycles. The number of carbonyl (C=O) groups is 2. The average Bonchev–Trinajstić information content (AvgIpc) is 2.63. The van der Waals surface area contributed by atoms with Crippen LogP contribution in [0.1, 0.15) is 30.9 Å². The Morgan fingerprint density at radius 3 is 2.65 bits per heavy atom. The van der Waals surface area contributed by atoms with Crippen molar-refractivity contribution in [2.24, 2.45) is 0 Å². The molecule has 1 aromatic rings. The maximum Gasteiger partial charge on any atom is 0.303 e. The number of rotatable bonds is 6. The highest BCUT2D eigenvalue weighted by Gasteiger charge is 2.12. The average molecular weight is 240 g/mol. The molecule has 94 valence electrons. The Hall–Kier alpha value is -1.92. The topological polar surface area (TPSA) is 99.2 Å². The number of hydrogen-bond donors (Lipinski definition) is 2. The number of aromatic nitrogens is 3. The highest BCUT2D eigenvalue weighted by molar-refractivity contribution is 5.76. The Balaban J connectivity index is 2.34. The number of hydrogen-bond acceptors (Lipinski definition) is 4. The van der Waals surface area contributed by atoms with Crippen LogP contribution < -0.4 is 0 Å². The van der Waals surface area contributed by atoms with E-state index in [-0.39, 0.29) is 18.7 Å². The van der Waals surface area contributed by atoms with Crippen LogP contribution in [0.5, 0.6) is 0 Å². The number of carboxylic acids is 1. The first-order valence-corrected chi connectivity index (χ1v) is 5.32. The van der Waals surface area contributed by atoms with Crippen molar-refractivity contribution >= 4 is 11.9 Å². The van der Waals surface area contributed by atoms with E-state index in [9.17, 15) is 9.59 Å². The lowest BCUT2D eigenvalue weighted by atomic mass is 10.2.